The maximum atomic E-state index is 13.0. The van der Waals surface area contributed by atoms with Gasteiger partial charge in [0.15, 0.2) is 5.75 Å². The highest BCUT2D eigenvalue weighted by Crippen LogP contribution is 2.34. The van der Waals surface area contributed by atoms with Gasteiger partial charge in [0.2, 0.25) is 5.78 Å². The SMILES string of the molecule is CC(=O)Oc1c(C(=O)c2nccc(C)c2C)[nH]c2ccc(Cl)cc12. The van der Waals surface area contributed by atoms with Crippen LogP contribution in [0.15, 0.2) is 30.5 Å². The Kier molecular flexibility index (Phi) is 4.11. The van der Waals surface area contributed by atoms with Gasteiger partial charge in [-0.1, -0.05) is 11.6 Å². The summed E-state index contributed by atoms with van der Waals surface area (Å²) in [4.78, 5) is 31.6. The summed E-state index contributed by atoms with van der Waals surface area (Å²) in [6.07, 6.45) is 1.58. The van der Waals surface area contributed by atoms with Gasteiger partial charge < -0.3 is 9.72 Å². The molecular weight excluding hydrogens is 328 g/mol. The number of aromatic nitrogens is 2. The van der Waals surface area contributed by atoms with Crippen molar-refractivity contribution in [3.63, 3.8) is 0 Å². The van der Waals surface area contributed by atoms with Crippen molar-refractivity contribution in [1.29, 1.82) is 0 Å². The van der Waals surface area contributed by atoms with Gasteiger partial charge in [-0.05, 0) is 49.2 Å². The van der Waals surface area contributed by atoms with E-state index in [1.807, 2.05) is 19.9 Å². The minimum absolute atomic E-state index is 0.174. The maximum absolute atomic E-state index is 13.0. The monoisotopic (exact) mass is 342 g/mol. The third kappa shape index (κ3) is 2.78. The molecule has 1 N–H and O–H groups in total. The number of esters is 1. The van der Waals surface area contributed by atoms with Crippen LogP contribution < -0.4 is 4.74 Å². The molecule has 24 heavy (non-hydrogen) atoms. The lowest BCUT2D eigenvalue weighted by Gasteiger charge is -2.07. The van der Waals surface area contributed by atoms with Crippen LogP contribution in [-0.2, 0) is 4.79 Å². The number of nitrogens with zero attached hydrogens (tertiary/aromatic N) is 1. The van der Waals surface area contributed by atoms with Crippen molar-refractivity contribution in [2.45, 2.75) is 20.8 Å². The fourth-order valence-electron chi connectivity index (χ4n) is 2.53. The number of nitrogens with one attached hydrogen (secondary N) is 1. The molecule has 0 atom stereocenters. The van der Waals surface area contributed by atoms with Crippen LogP contribution in [0.3, 0.4) is 0 Å². The first-order valence-electron chi connectivity index (χ1n) is 7.35. The van der Waals surface area contributed by atoms with E-state index < -0.39 is 5.97 Å². The molecule has 0 saturated carbocycles. The molecule has 0 unspecified atom stereocenters. The minimum atomic E-state index is -0.515. The number of rotatable bonds is 3. The van der Waals surface area contributed by atoms with Crippen molar-refractivity contribution < 1.29 is 14.3 Å². The van der Waals surface area contributed by atoms with E-state index in [-0.39, 0.29) is 17.2 Å². The van der Waals surface area contributed by atoms with Crippen molar-refractivity contribution in [2.24, 2.45) is 0 Å². The van der Waals surface area contributed by atoms with Crippen LogP contribution in [0.4, 0.5) is 0 Å². The fourth-order valence-corrected chi connectivity index (χ4v) is 2.70. The Morgan fingerprint density at radius 3 is 2.67 bits per heavy atom. The summed E-state index contributed by atoms with van der Waals surface area (Å²) >= 11 is 6.03. The first-order chi connectivity index (χ1) is 11.4. The van der Waals surface area contributed by atoms with Gasteiger partial charge in [-0.15, -0.1) is 0 Å². The number of benzene rings is 1. The zero-order chi connectivity index (χ0) is 17.4. The van der Waals surface area contributed by atoms with Gasteiger partial charge >= 0.3 is 5.97 Å². The Bertz CT molecular complexity index is 976. The van der Waals surface area contributed by atoms with Crippen molar-refractivity contribution in [3.8, 4) is 5.75 Å². The maximum Gasteiger partial charge on any atom is 0.308 e. The third-order valence-electron chi connectivity index (χ3n) is 3.88. The predicted molar refractivity (Wildman–Crippen MR) is 91.8 cm³/mol. The number of hydrogen-bond acceptors (Lipinski definition) is 4. The van der Waals surface area contributed by atoms with Crippen LogP contribution >= 0.6 is 11.6 Å². The summed E-state index contributed by atoms with van der Waals surface area (Å²) in [5.41, 5.74) is 2.91. The summed E-state index contributed by atoms with van der Waals surface area (Å²) in [5, 5.41) is 1.06. The molecule has 2 heterocycles. The molecule has 0 saturated heterocycles. The second kappa shape index (κ2) is 6.09. The summed E-state index contributed by atoms with van der Waals surface area (Å²) in [6.45, 7) is 5.03. The first kappa shape index (κ1) is 16.2. The predicted octanol–water partition coefficient (Wildman–Crippen LogP) is 3.99. The lowest BCUT2D eigenvalue weighted by atomic mass is 10.0. The zero-order valence-corrected chi connectivity index (χ0v) is 14.2. The van der Waals surface area contributed by atoms with E-state index in [9.17, 15) is 9.59 Å². The summed E-state index contributed by atoms with van der Waals surface area (Å²) in [6, 6.07) is 6.92. The quantitative estimate of drug-likeness (QED) is 0.577. The van der Waals surface area contributed by atoms with Crippen LogP contribution in [0.2, 0.25) is 5.02 Å². The highest BCUT2D eigenvalue weighted by Gasteiger charge is 2.24. The Morgan fingerprint density at radius 1 is 1.21 bits per heavy atom. The molecular formula is C18H15ClN2O3. The number of H-pyrrole nitrogens is 1. The molecule has 122 valence electrons. The molecule has 6 heteroatoms. The molecule has 0 amide bonds. The van der Waals surface area contributed by atoms with Gasteiger partial charge in [0.1, 0.15) is 11.4 Å². The molecule has 0 spiro atoms. The van der Waals surface area contributed by atoms with Gasteiger partial charge in [0, 0.05) is 29.0 Å². The fraction of sp³-hybridized carbons (Fsp3) is 0.167. The smallest absolute Gasteiger partial charge is 0.308 e. The van der Waals surface area contributed by atoms with Gasteiger partial charge in [-0.2, -0.15) is 0 Å². The van der Waals surface area contributed by atoms with E-state index in [2.05, 4.69) is 9.97 Å². The Labute approximate surface area is 143 Å². The van der Waals surface area contributed by atoms with E-state index in [1.165, 1.54) is 6.92 Å². The lowest BCUT2D eigenvalue weighted by Crippen LogP contribution is -2.11. The summed E-state index contributed by atoms with van der Waals surface area (Å²) in [7, 11) is 0. The van der Waals surface area contributed by atoms with E-state index in [0.717, 1.165) is 11.1 Å². The standard InChI is InChI=1S/C18H15ClN2O3/c1-9-6-7-20-15(10(9)2)17(23)16-18(24-11(3)22)13-8-12(19)4-5-14(13)21-16/h4-8,21H,1-3H3. The molecule has 0 bridgehead atoms. The number of ketones is 1. The van der Waals surface area contributed by atoms with Crippen LogP contribution in [0, 0.1) is 13.8 Å². The van der Waals surface area contributed by atoms with Crippen LogP contribution in [0.25, 0.3) is 10.9 Å². The molecule has 3 aromatic rings. The Balaban J connectivity index is 2.23. The number of fused-ring (bicyclic) bond motifs is 1. The van der Waals surface area contributed by atoms with Gasteiger partial charge in [0.25, 0.3) is 0 Å². The molecule has 0 aliphatic carbocycles. The second-order valence-corrected chi connectivity index (χ2v) is 5.98. The molecule has 0 radical (unpaired) electrons. The van der Waals surface area contributed by atoms with Gasteiger partial charge in [0.05, 0.1) is 0 Å². The molecule has 5 nitrogen and oxygen atoms in total. The molecule has 1 aromatic carbocycles. The molecule has 0 fully saturated rings. The minimum Gasteiger partial charge on any atom is -0.424 e. The average Bonchev–Trinajstić information content (AvgIpc) is 2.87. The number of carbonyl (C=O) groups is 2. The number of aryl methyl sites for hydroxylation is 1. The number of aromatic amines is 1. The lowest BCUT2D eigenvalue weighted by molar-refractivity contribution is -0.131. The van der Waals surface area contributed by atoms with Crippen molar-refractivity contribution in [2.75, 3.05) is 0 Å². The summed E-state index contributed by atoms with van der Waals surface area (Å²) in [5.74, 6) is -0.675. The number of ether oxygens (including phenoxy) is 1. The van der Waals surface area contributed by atoms with E-state index in [0.29, 0.717) is 21.6 Å². The normalized spacial score (nSPS) is 10.8. The van der Waals surface area contributed by atoms with E-state index >= 15 is 0 Å². The van der Waals surface area contributed by atoms with Crippen LogP contribution in [-0.4, -0.2) is 21.7 Å². The third-order valence-corrected chi connectivity index (χ3v) is 4.11. The number of pyridine rings is 1. The first-order valence-corrected chi connectivity index (χ1v) is 7.73. The van der Waals surface area contributed by atoms with Gasteiger partial charge in [-0.25, -0.2) is 0 Å². The van der Waals surface area contributed by atoms with Crippen molar-refractivity contribution >= 4 is 34.3 Å². The topological polar surface area (TPSA) is 72.1 Å². The molecule has 2 aromatic heterocycles. The Hall–Kier alpha value is -2.66. The molecule has 3 rings (SSSR count). The zero-order valence-electron chi connectivity index (χ0n) is 13.4. The van der Waals surface area contributed by atoms with Crippen molar-refractivity contribution in [3.05, 3.63) is 58.0 Å². The second-order valence-electron chi connectivity index (χ2n) is 5.54. The van der Waals surface area contributed by atoms with Crippen LogP contribution in [0.5, 0.6) is 5.75 Å². The van der Waals surface area contributed by atoms with Crippen molar-refractivity contribution in [1.82, 2.24) is 9.97 Å². The number of halogens is 1. The van der Waals surface area contributed by atoms with Crippen LogP contribution in [0.1, 0.15) is 34.2 Å². The number of carbonyl (C=O) groups excluding carboxylic acids is 2. The van der Waals surface area contributed by atoms with E-state index in [4.69, 9.17) is 16.3 Å². The van der Waals surface area contributed by atoms with E-state index in [1.54, 1.807) is 24.4 Å². The molecule has 0 aliphatic heterocycles. The average molecular weight is 343 g/mol. The highest BCUT2D eigenvalue weighted by atomic mass is 35.5. The Morgan fingerprint density at radius 2 is 1.96 bits per heavy atom. The molecule has 0 aliphatic rings. The highest BCUT2D eigenvalue weighted by molar-refractivity contribution is 6.31. The van der Waals surface area contributed by atoms with Gasteiger partial charge in [-0.3, -0.25) is 14.6 Å². The number of hydrogen-bond donors (Lipinski definition) is 1. The largest absolute Gasteiger partial charge is 0.424 e. The summed E-state index contributed by atoms with van der Waals surface area (Å²) < 4.78 is 5.29.